The van der Waals surface area contributed by atoms with Crippen LogP contribution in [0, 0.1) is 0 Å². The number of ether oxygens (including phenoxy) is 2. The van der Waals surface area contributed by atoms with E-state index in [1.165, 1.54) is 29.5 Å². The van der Waals surface area contributed by atoms with Gasteiger partial charge in [-0.3, -0.25) is 4.79 Å². The molecule has 29 heavy (non-hydrogen) atoms. The van der Waals surface area contributed by atoms with Crippen LogP contribution in [0.2, 0.25) is 0 Å². The molecular formula is C25H31NO3. The van der Waals surface area contributed by atoms with Gasteiger partial charge in [0.1, 0.15) is 5.75 Å². The number of fused-ring (bicyclic) bond motifs is 1. The van der Waals surface area contributed by atoms with E-state index >= 15 is 0 Å². The fourth-order valence-electron chi connectivity index (χ4n) is 4.56. The minimum atomic E-state index is -0.524. The van der Waals surface area contributed by atoms with Gasteiger partial charge in [-0.25, -0.2) is 0 Å². The number of carbonyl (C=O) groups excluding carboxylic acids is 1. The fourth-order valence-corrected chi connectivity index (χ4v) is 4.56. The van der Waals surface area contributed by atoms with Crippen molar-refractivity contribution in [1.82, 2.24) is 5.32 Å². The molecule has 1 saturated heterocycles. The zero-order chi connectivity index (χ0) is 20.1. The van der Waals surface area contributed by atoms with Gasteiger partial charge in [0.2, 0.25) is 0 Å². The highest BCUT2D eigenvalue weighted by Gasteiger charge is 2.35. The number of hydrogen-bond acceptors (Lipinski definition) is 3. The lowest BCUT2D eigenvalue weighted by Crippen LogP contribution is -2.47. The van der Waals surface area contributed by atoms with E-state index in [2.05, 4.69) is 41.7 Å². The van der Waals surface area contributed by atoms with Crippen molar-refractivity contribution in [3.63, 3.8) is 0 Å². The second-order valence-electron chi connectivity index (χ2n) is 8.37. The SMILES string of the molecule is C[C@H](Oc1ccc2c(c1)CCCC2)C(=O)NCC1(c2ccccc2)CCOCC1. The maximum Gasteiger partial charge on any atom is 0.260 e. The summed E-state index contributed by atoms with van der Waals surface area (Å²) < 4.78 is 11.6. The van der Waals surface area contributed by atoms with E-state index in [9.17, 15) is 4.79 Å². The molecular weight excluding hydrogens is 362 g/mol. The average Bonchev–Trinajstić information content (AvgIpc) is 2.78. The normalized spacial score (nSPS) is 19.1. The number of hydrogen-bond donors (Lipinski definition) is 1. The summed E-state index contributed by atoms with van der Waals surface area (Å²) in [7, 11) is 0. The van der Waals surface area contributed by atoms with Gasteiger partial charge in [-0.2, -0.15) is 0 Å². The Morgan fingerprint density at radius 2 is 1.79 bits per heavy atom. The van der Waals surface area contributed by atoms with Crippen molar-refractivity contribution in [2.24, 2.45) is 0 Å². The molecule has 0 bridgehead atoms. The fraction of sp³-hybridized carbons (Fsp3) is 0.480. The Hall–Kier alpha value is -2.33. The zero-order valence-corrected chi connectivity index (χ0v) is 17.3. The van der Waals surface area contributed by atoms with Crippen molar-refractivity contribution in [2.75, 3.05) is 19.8 Å². The molecule has 0 aromatic heterocycles. The summed E-state index contributed by atoms with van der Waals surface area (Å²) in [5.74, 6) is 0.724. The van der Waals surface area contributed by atoms with E-state index in [0.29, 0.717) is 6.54 Å². The topological polar surface area (TPSA) is 47.6 Å². The number of amides is 1. The number of nitrogens with one attached hydrogen (secondary N) is 1. The van der Waals surface area contributed by atoms with Crippen LogP contribution in [-0.4, -0.2) is 31.8 Å². The lowest BCUT2D eigenvalue weighted by atomic mass is 9.74. The lowest BCUT2D eigenvalue weighted by molar-refractivity contribution is -0.127. The van der Waals surface area contributed by atoms with Gasteiger partial charge in [0.15, 0.2) is 6.10 Å². The number of carbonyl (C=O) groups is 1. The van der Waals surface area contributed by atoms with Gasteiger partial charge >= 0.3 is 0 Å². The predicted molar refractivity (Wildman–Crippen MR) is 114 cm³/mol. The summed E-state index contributed by atoms with van der Waals surface area (Å²) >= 11 is 0. The first-order valence-corrected chi connectivity index (χ1v) is 10.9. The van der Waals surface area contributed by atoms with E-state index in [1.54, 1.807) is 0 Å². The largest absolute Gasteiger partial charge is 0.481 e. The van der Waals surface area contributed by atoms with Crippen molar-refractivity contribution < 1.29 is 14.3 Å². The Kier molecular flexibility index (Phi) is 6.19. The van der Waals surface area contributed by atoms with Crippen molar-refractivity contribution in [1.29, 1.82) is 0 Å². The van der Waals surface area contributed by atoms with E-state index in [-0.39, 0.29) is 11.3 Å². The van der Waals surface area contributed by atoms with Gasteiger partial charge in [0.25, 0.3) is 5.91 Å². The molecule has 154 valence electrons. The molecule has 4 nitrogen and oxygen atoms in total. The summed E-state index contributed by atoms with van der Waals surface area (Å²) in [6, 6.07) is 16.7. The van der Waals surface area contributed by atoms with Crippen LogP contribution < -0.4 is 10.1 Å². The Bertz CT molecular complexity index is 827. The minimum absolute atomic E-state index is 0.0653. The third-order valence-electron chi connectivity index (χ3n) is 6.44. The zero-order valence-electron chi connectivity index (χ0n) is 17.3. The molecule has 1 atom stereocenters. The Morgan fingerprint density at radius 3 is 2.55 bits per heavy atom. The Labute approximate surface area is 173 Å². The van der Waals surface area contributed by atoms with Crippen LogP contribution in [0.4, 0.5) is 0 Å². The highest BCUT2D eigenvalue weighted by atomic mass is 16.5. The van der Waals surface area contributed by atoms with Crippen molar-refractivity contribution in [2.45, 2.75) is 57.0 Å². The predicted octanol–water partition coefficient (Wildman–Crippen LogP) is 4.20. The van der Waals surface area contributed by atoms with Crippen LogP contribution in [0.15, 0.2) is 48.5 Å². The van der Waals surface area contributed by atoms with E-state index in [0.717, 1.165) is 44.6 Å². The molecule has 1 aliphatic carbocycles. The van der Waals surface area contributed by atoms with E-state index in [4.69, 9.17) is 9.47 Å². The van der Waals surface area contributed by atoms with Gasteiger partial charge in [0, 0.05) is 25.2 Å². The molecule has 1 amide bonds. The van der Waals surface area contributed by atoms with Gasteiger partial charge in [0.05, 0.1) is 0 Å². The van der Waals surface area contributed by atoms with Crippen LogP contribution >= 0.6 is 0 Å². The quantitative estimate of drug-likeness (QED) is 0.800. The average molecular weight is 394 g/mol. The van der Waals surface area contributed by atoms with Crippen molar-refractivity contribution >= 4 is 5.91 Å². The molecule has 1 aliphatic heterocycles. The standard InChI is InChI=1S/C25H31NO3/c1-19(29-23-12-11-20-7-5-6-8-21(20)17-23)24(27)26-18-25(13-15-28-16-14-25)22-9-3-2-4-10-22/h2-4,9-12,17,19H,5-8,13-16,18H2,1H3,(H,26,27)/t19-/m0/s1. The van der Waals surface area contributed by atoms with E-state index < -0.39 is 6.10 Å². The second kappa shape index (κ2) is 9.00. The molecule has 2 aromatic carbocycles. The van der Waals surface area contributed by atoms with Crippen LogP contribution in [0.5, 0.6) is 5.75 Å². The maximum atomic E-state index is 12.8. The first-order valence-electron chi connectivity index (χ1n) is 10.9. The van der Waals surface area contributed by atoms with Crippen LogP contribution in [-0.2, 0) is 27.8 Å². The van der Waals surface area contributed by atoms with Crippen LogP contribution in [0.1, 0.15) is 49.3 Å². The number of benzene rings is 2. The molecule has 0 radical (unpaired) electrons. The van der Waals surface area contributed by atoms with Crippen LogP contribution in [0.3, 0.4) is 0 Å². The second-order valence-corrected chi connectivity index (χ2v) is 8.37. The summed E-state index contributed by atoms with van der Waals surface area (Å²) in [6.45, 7) is 3.89. The van der Waals surface area contributed by atoms with Gasteiger partial charge < -0.3 is 14.8 Å². The minimum Gasteiger partial charge on any atom is -0.481 e. The number of rotatable bonds is 6. The molecule has 0 unspecified atom stereocenters. The smallest absolute Gasteiger partial charge is 0.260 e. The third kappa shape index (κ3) is 4.64. The Morgan fingerprint density at radius 1 is 1.07 bits per heavy atom. The maximum absolute atomic E-state index is 12.8. The molecule has 2 aliphatic rings. The summed E-state index contributed by atoms with van der Waals surface area (Å²) in [6.07, 6.45) is 6.06. The molecule has 4 rings (SSSR count). The summed E-state index contributed by atoms with van der Waals surface area (Å²) in [5.41, 5.74) is 3.99. The first kappa shape index (κ1) is 20.0. The molecule has 1 N–H and O–H groups in total. The molecule has 4 heteroatoms. The Balaban J connectivity index is 1.39. The summed E-state index contributed by atoms with van der Waals surface area (Å²) in [4.78, 5) is 12.8. The highest BCUT2D eigenvalue weighted by Crippen LogP contribution is 2.34. The van der Waals surface area contributed by atoms with Crippen molar-refractivity contribution in [3.8, 4) is 5.75 Å². The molecule has 2 aromatic rings. The van der Waals surface area contributed by atoms with Crippen molar-refractivity contribution in [3.05, 3.63) is 65.2 Å². The molecule has 0 saturated carbocycles. The molecule has 1 heterocycles. The highest BCUT2D eigenvalue weighted by molar-refractivity contribution is 5.80. The van der Waals surface area contributed by atoms with E-state index in [1.807, 2.05) is 19.1 Å². The van der Waals surface area contributed by atoms with Gasteiger partial charge in [-0.15, -0.1) is 0 Å². The van der Waals surface area contributed by atoms with Gasteiger partial charge in [-0.05, 0) is 74.3 Å². The van der Waals surface area contributed by atoms with Gasteiger partial charge in [-0.1, -0.05) is 36.4 Å². The summed E-state index contributed by atoms with van der Waals surface area (Å²) in [5, 5.41) is 3.15. The third-order valence-corrected chi connectivity index (χ3v) is 6.44. The monoisotopic (exact) mass is 393 g/mol. The lowest BCUT2D eigenvalue weighted by Gasteiger charge is -2.38. The molecule has 0 spiro atoms. The molecule has 1 fully saturated rings. The first-order chi connectivity index (χ1) is 14.2. The van der Waals surface area contributed by atoms with Crippen LogP contribution in [0.25, 0.3) is 0 Å². The number of aryl methyl sites for hydroxylation is 2.